The molecule has 2 aromatic carbocycles. The van der Waals surface area contributed by atoms with Gasteiger partial charge in [-0.3, -0.25) is 4.79 Å². The summed E-state index contributed by atoms with van der Waals surface area (Å²) >= 11 is 0. The smallest absolute Gasteiger partial charge is 0.317 e. The highest BCUT2D eigenvalue weighted by Crippen LogP contribution is 2.41. The van der Waals surface area contributed by atoms with Gasteiger partial charge in [0.15, 0.2) is 11.5 Å². The van der Waals surface area contributed by atoms with Crippen molar-refractivity contribution in [1.29, 1.82) is 0 Å². The summed E-state index contributed by atoms with van der Waals surface area (Å²) in [6.45, 7) is 3.29. The van der Waals surface area contributed by atoms with Crippen LogP contribution in [0.25, 0.3) is 0 Å². The summed E-state index contributed by atoms with van der Waals surface area (Å²) in [5.74, 6) is -0.101. The number of urea groups is 1. The Kier molecular flexibility index (Phi) is 7.33. The van der Waals surface area contributed by atoms with Gasteiger partial charge >= 0.3 is 6.03 Å². The lowest BCUT2D eigenvalue weighted by molar-refractivity contribution is -0.125. The highest BCUT2D eigenvalue weighted by Gasteiger charge is 2.41. The van der Waals surface area contributed by atoms with Crippen molar-refractivity contribution in [3.05, 3.63) is 59.4 Å². The van der Waals surface area contributed by atoms with Gasteiger partial charge in [0.25, 0.3) is 0 Å². The first-order chi connectivity index (χ1) is 15.0. The van der Waals surface area contributed by atoms with Gasteiger partial charge in [0, 0.05) is 37.7 Å². The fourth-order valence-corrected chi connectivity index (χ4v) is 3.94. The molecule has 1 heterocycles. The Labute approximate surface area is 181 Å². The number of para-hydroxylation sites is 1. The van der Waals surface area contributed by atoms with E-state index in [9.17, 15) is 14.0 Å². The third-order valence-electron chi connectivity index (χ3n) is 5.48. The van der Waals surface area contributed by atoms with Crippen LogP contribution in [-0.2, 0) is 11.3 Å². The molecule has 7 nitrogen and oxygen atoms in total. The Bertz CT molecular complexity index is 920. The zero-order valence-corrected chi connectivity index (χ0v) is 18.0. The highest BCUT2D eigenvalue weighted by molar-refractivity contribution is 5.83. The first kappa shape index (κ1) is 22.4. The van der Waals surface area contributed by atoms with E-state index in [0.29, 0.717) is 24.6 Å². The first-order valence-corrected chi connectivity index (χ1v) is 10.2. The zero-order valence-electron chi connectivity index (χ0n) is 18.0. The Hall–Kier alpha value is -3.29. The maximum atomic E-state index is 13.1. The van der Waals surface area contributed by atoms with E-state index in [1.165, 1.54) is 12.1 Å². The van der Waals surface area contributed by atoms with Crippen LogP contribution in [0.2, 0.25) is 0 Å². The van der Waals surface area contributed by atoms with E-state index in [1.54, 1.807) is 37.3 Å². The van der Waals surface area contributed by atoms with Gasteiger partial charge in [-0.15, -0.1) is 0 Å². The average Bonchev–Trinajstić information content (AvgIpc) is 3.23. The maximum absolute atomic E-state index is 13.1. The van der Waals surface area contributed by atoms with Crippen LogP contribution in [0.15, 0.2) is 42.5 Å². The van der Waals surface area contributed by atoms with E-state index in [-0.39, 0.29) is 36.8 Å². The van der Waals surface area contributed by atoms with Gasteiger partial charge in [0.1, 0.15) is 5.82 Å². The Morgan fingerprint density at radius 3 is 2.45 bits per heavy atom. The number of rotatable bonds is 7. The molecule has 2 aromatic rings. The summed E-state index contributed by atoms with van der Waals surface area (Å²) in [5, 5.41) is 5.72. The van der Waals surface area contributed by atoms with Crippen LogP contribution < -0.4 is 20.1 Å². The summed E-state index contributed by atoms with van der Waals surface area (Å²) in [4.78, 5) is 27.3. The van der Waals surface area contributed by atoms with Gasteiger partial charge < -0.3 is 25.0 Å². The minimum Gasteiger partial charge on any atom is -0.493 e. The van der Waals surface area contributed by atoms with Gasteiger partial charge in [-0.2, -0.15) is 0 Å². The van der Waals surface area contributed by atoms with Crippen LogP contribution in [0, 0.1) is 11.7 Å². The van der Waals surface area contributed by atoms with Gasteiger partial charge in [0.2, 0.25) is 5.91 Å². The van der Waals surface area contributed by atoms with Gasteiger partial charge in [-0.25, -0.2) is 9.18 Å². The third kappa shape index (κ3) is 5.07. The lowest BCUT2D eigenvalue weighted by atomic mass is 9.87. The fraction of sp³-hybridized carbons (Fsp3) is 0.391. The van der Waals surface area contributed by atoms with Crippen molar-refractivity contribution in [2.45, 2.75) is 19.4 Å². The van der Waals surface area contributed by atoms with Crippen molar-refractivity contribution in [3.8, 4) is 11.5 Å². The van der Waals surface area contributed by atoms with Crippen LogP contribution in [-0.4, -0.2) is 50.7 Å². The van der Waals surface area contributed by atoms with E-state index in [0.717, 1.165) is 11.1 Å². The van der Waals surface area contributed by atoms with E-state index in [1.807, 2.05) is 19.1 Å². The molecule has 2 atom stereocenters. The van der Waals surface area contributed by atoms with Crippen molar-refractivity contribution in [1.82, 2.24) is 15.5 Å². The molecule has 0 bridgehead atoms. The van der Waals surface area contributed by atoms with Crippen molar-refractivity contribution in [2.24, 2.45) is 5.92 Å². The fourth-order valence-electron chi connectivity index (χ4n) is 3.94. The second-order valence-corrected chi connectivity index (χ2v) is 7.38. The molecule has 0 aliphatic carbocycles. The number of methoxy groups -OCH3 is 2. The summed E-state index contributed by atoms with van der Waals surface area (Å²) in [7, 11) is 3.12. The summed E-state index contributed by atoms with van der Waals surface area (Å²) < 4.78 is 24.1. The van der Waals surface area contributed by atoms with Crippen LogP contribution >= 0.6 is 0 Å². The van der Waals surface area contributed by atoms with Crippen molar-refractivity contribution >= 4 is 11.9 Å². The Balaban J connectivity index is 1.85. The molecule has 0 unspecified atom stereocenters. The molecule has 0 radical (unpaired) electrons. The number of amides is 3. The molecule has 31 heavy (non-hydrogen) atoms. The normalized spacial score (nSPS) is 17.9. The number of hydrogen-bond acceptors (Lipinski definition) is 4. The minimum absolute atomic E-state index is 0.175. The molecule has 3 amide bonds. The monoisotopic (exact) mass is 429 g/mol. The molecule has 1 saturated heterocycles. The highest BCUT2D eigenvalue weighted by atomic mass is 19.1. The quantitative estimate of drug-likeness (QED) is 0.709. The van der Waals surface area contributed by atoms with Gasteiger partial charge in [-0.1, -0.05) is 24.3 Å². The molecule has 1 fully saturated rings. The number of nitrogens with one attached hydrogen (secondary N) is 2. The lowest BCUT2D eigenvalue weighted by Crippen LogP contribution is -2.39. The molecule has 1 aliphatic heterocycles. The standard InChI is InChI=1S/C23H28FN3O4/c1-4-25-23(29)27-13-18(17-6-5-7-20(30-2)21(17)31-3)19(14-27)22(28)26-12-15-8-10-16(24)11-9-15/h5-11,18-19H,4,12-14H2,1-3H3,(H,25,29)(H,26,28)/t18-,19+/m1/s1. The Morgan fingerprint density at radius 2 is 1.81 bits per heavy atom. The molecule has 0 spiro atoms. The predicted molar refractivity (Wildman–Crippen MR) is 115 cm³/mol. The predicted octanol–water partition coefficient (Wildman–Crippen LogP) is 2.90. The molecule has 0 aromatic heterocycles. The van der Waals surface area contributed by atoms with E-state index < -0.39 is 5.92 Å². The summed E-state index contributed by atoms with van der Waals surface area (Å²) in [5.41, 5.74) is 1.61. The first-order valence-electron chi connectivity index (χ1n) is 10.2. The second kappa shape index (κ2) is 10.1. The maximum Gasteiger partial charge on any atom is 0.317 e. The molecule has 8 heteroatoms. The lowest BCUT2D eigenvalue weighted by Gasteiger charge is -2.21. The van der Waals surface area contributed by atoms with Crippen molar-refractivity contribution in [2.75, 3.05) is 33.9 Å². The number of likely N-dealkylation sites (tertiary alicyclic amines) is 1. The van der Waals surface area contributed by atoms with E-state index in [4.69, 9.17) is 9.47 Å². The number of ether oxygens (including phenoxy) is 2. The van der Waals surface area contributed by atoms with Gasteiger partial charge in [0.05, 0.1) is 20.1 Å². The van der Waals surface area contributed by atoms with Crippen LogP contribution in [0.1, 0.15) is 24.0 Å². The number of carbonyl (C=O) groups excluding carboxylic acids is 2. The van der Waals surface area contributed by atoms with Crippen molar-refractivity contribution < 1.29 is 23.5 Å². The molecule has 0 saturated carbocycles. The number of carbonyl (C=O) groups is 2. The number of halogens is 1. The topological polar surface area (TPSA) is 79.9 Å². The molecular weight excluding hydrogens is 401 g/mol. The third-order valence-corrected chi connectivity index (χ3v) is 5.48. The van der Waals surface area contributed by atoms with E-state index >= 15 is 0 Å². The number of hydrogen-bond donors (Lipinski definition) is 2. The van der Waals surface area contributed by atoms with Crippen LogP contribution in [0.4, 0.5) is 9.18 Å². The molecule has 3 rings (SSSR count). The Morgan fingerprint density at radius 1 is 1.06 bits per heavy atom. The van der Waals surface area contributed by atoms with Gasteiger partial charge in [-0.05, 0) is 30.7 Å². The van der Waals surface area contributed by atoms with Crippen molar-refractivity contribution in [3.63, 3.8) is 0 Å². The molecule has 2 N–H and O–H groups in total. The zero-order chi connectivity index (χ0) is 22.4. The number of nitrogens with zero attached hydrogens (tertiary/aromatic N) is 1. The SMILES string of the molecule is CCNC(=O)N1C[C@H](C(=O)NCc2ccc(F)cc2)[C@@H](c2cccc(OC)c2OC)C1. The average molecular weight is 429 g/mol. The van der Waals surface area contributed by atoms with Crippen LogP contribution in [0.5, 0.6) is 11.5 Å². The molecule has 166 valence electrons. The van der Waals surface area contributed by atoms with E-state index in [2.05, 4.69) is 10.6 Å². The van der Waals surface area contributed by atoms with Crippen LogP contribution in [0.3, 0.4) is 0 Å². The summed E-state index contributed by atoms with van der Waals surface area (Å²) in [6.07, 6.45) is 0. The second-order valence-electron chi connectivity index (χ2n) is 7.38. The largest absolute Gasteiger partial charge is 0.493 e. The molecular formula is C23H28FN3O4. The number of benzene rings is 2. The summed E-state index contributed by atoms with van der Waals surface area (Å²) in [6, 6.07) is 11.3. The minimum atomic E-state index is -0.468. The molecule has 1 aliphatic rings.